The highest BCUT2D eigenvalue weighted by Gasteiger charge is 2.40. The SMILES string of the molecule is CC1(C)c2cccc3c2-c2c1ccc1c4ccccc4n(c21)-c1cc(N(c2ccccc2)c2ccc(-c4ccccc4)cc2)ccc1-3. The van der Waals surface area contributed by atoms with E-state index in [9.17, 15) is 0 Å². The number of hydrogen-bond donors (Lipinski definition) is 0. The average Bonchev–Trinajstić information content (AvgIpc) is 3.53. The number of anilines is 3. The van der Waals surface area contributed by atoms with Crippen LogP contribution in [0.4, 0.5) is 17.1 Å². The summed E-state index contributed by atoms with van der Waals surface area (Å²) in [5, 5.41) is 2.61. The summed E-state index contributed by atoms with van der Waals surface area (Å²) in [6, 6.07) is 57.9. The van der Waals surface area contributed by atoms with E-state index < -0.39 is 0 Å². The second-order valence-corrected chi connectivity index (χ2v) is 13.4. The standard InChI is InChI=1S/C45H32N2/c1-45(2)38-18-11-17-36-35-25-24-33(46(31-14-7-4-8-15-31)32-22-20-30(21-23-32)29-12-5-3-6-13-29)28-41(35)47-40-19-10-9-16-34(40)37-26-27-39(45)43(42(36)38)44(37)47/h3-28H,1-2H3. The average molecular weight is 601 g/mol. The minimum Gasteiger partial charge on any atom is -0.310 e. The molecule has 0 N–H and O–H groups in total. The number of aromatic nitrogens is 1. The van der Waals surface area contributed by atoms with Gasteiger partial charge in [0.15, 0.2) is 0 Å². The zero-order chi connectivity index (χ0) is 31.3. The van der Waals surface area contributed by atoms with Crippen molar-refractivity contribution in [2.24, 2.45) is 0 Å². The van der Waals surface area contributed by atoms with Crippen LogP contribution in [-0.4, -0.2) is 4.57 Å². The Kier molecular flexibility index (Phi) is 5.37. The molecule has 0 spiro atoms. The molecule has 2 heterocycles. The Balaban J connectivity index is 1.26. The molecule has 1 aliphatic heterocycles. The Labute approximate surface area is 274 Å². The molecule has 1 aromatic heterocycles. The van der Waals surface area contributed by atoms with E-state index in [0.717, 1.165) is 17.1 Å². The van der Waals surface area contributed by atoms with Crippen molar-refractivity contribution in [3.05, 3.63) is 169 Å². The summed E-state index contributed by atoms with van der Waals surface area (Å²) in [5.41, 5.74) is 17.7. The van der Waals surface area contributed by atoms with Crippen LogP contribution in [0.5, 0.6) is 0 Å². The van der Waals surface area contributed by atoms with Crippen LogP contribution in [-0.2, 0) is 5.41 Å². The van der Waals surface area contributed by atoms with Gasteiger partial charge in [-0.05, 0) is 75.8 Å². The number of benzene rings is 7. The third-order valence-electron chi connectivity index (χ3n) is 10.5. The number of nitrogens with zero attached hydrogens (tertiary/aromatic N) is 2. The van der Waals surface area contributed by atoms with Crippen molar-refractivity contribution < 1.29 is 0 Å². The summed E-state index contributed by atoms with van der Waals surface area (Å²) < 4.78 is 2.55. The lowest BCUT2D eigenvalue weighted by atomic mass is 9.81. The van der Waals surface area contributed by atoms with Crippen LogP contribution in [0.2, 0.25) is 0 Å². The van der Waals surface area contributed by atoms with E-state index in [-0.39, 0.29) is 5.41 Å². The predicted molar refractivity (Wildman–Crippen MR) is 197 cm³/mol. The molecule has 47 heavy (non-hydrogen) atoms. The largest absolute Gasteiger partial charge is 0.310 e. The van der Waals surface area contributed by atoms with Crippen LogP contribution in [0.15, 0.2) is 158 Å². The first-order valence-corrected chi connectivity index (χ1v) is 16.5. The molecule has 8 aromatic rings. The Morgan fingerprint density at radius 3 is 1.94 bits per heavy atom. The minimum atomic E-state index is -0.0659. The molecule has 0 unspecified atom stereocenters. The van der Waals surface area contributed by atoms with Gasteiger partial charge in [-0.1, -0.05) is 129 Å². The highest BCUT2D eigenvalue weighted by atomic mass is 15.1. The first-order valence-electron chi connectivity index (χ1n) is 16.5. The molecule has 10 rings (SSSR count). The van der Waals surface area contributed by atoms with E-state index in [2.05, 4.69) is 181 Å². The highest BCUT2D eigenvalue weighted by molar-refractivity contribution is 6.18. The van der Waals surface area contributed by atoms with Crippen molar-refractivity contribution in [1.29, 1.82) is 0 Å². The van der Waals surface area contributed by atoms with Crippen molar-refractivity contribution in [2.45, 2.75) is 19.3 Å². The summed E-state index contributed by atoms with van der Waals surface area (Å²) in [4.78, 5) is 2.38. The predicted octanol–water partition coefficient (Wildman–Crippen LogP) is 12.2. The maximum Gasteiger partial charge on any atom is 0.0623 e. The summed E-state index contributed by atoms with van der Waals surface area (Å²) >= 11 is 0. The van der Waals surface area contributed by atoms with Gasteiger partial charge in [0.1, 0.15) is 0 Å². The quantitative estimate of drug-likeness (QED) is 0.195. The first kappa shape index (κ1) is 26.4. The molecule has 7 aromatic carbocycles. The summed E-state index contributed by atoms with van der Waals surface area (Å²) in [5.74, 6) is 0. The molecule has 222 valence electrons. The van der Waals surface area contributed by atoms with E-state index in [4.69, 9.17) is 0 Å². The molecular weight excluding hydrogens is 569 g/mol. The van der Waals surface area contributed by atoms with Gasteiger partial charge in [-0.3, -0.25) is 0 Å². The van der Waals surface area contributed by atoms with Gasteiger partial charge in [0.05, 0.1) is 16.7 Å². The van der Waals surface area contributed by atoms with Gasteiger partial charge in [0, 0.05) is 44.4 Å². The van der Waals surface area contributed by atoms with E-state index in [1.54, 1.807) is 0 Å². The summed E-state index contributed by atoms with van der Waals surface area (Å²) in [7, 11) is 0. The molecule has 0 bridgehead atoms. The molecule has 0 radical (unpaired) electrons. The molecule has 2 heteroatoms. The van der Waals surface area contributed by atoms with Gasteiger partial charge in [-0.15, -0.1) is 0 Å². The second-order valence-electron chi connectivity index (χ2n) is 13.4. The molecule has 1 aliphatic carbocycles. The molecule has 2 aliphatic rings. The highest BCUT2D eigenvalue weighted by Crippen LogP contribution is 2.58. The fraction of sp³-hybridized carbons (Fsp3) is 0.0667. The fourth-order valence-corrected chi connectivity index (χ4v) is 8.32. The maximum atomic E-state index is 2.55. The van der Waals surface area contributed by atoms with E-state index >= 15 is 0 Å². The van der Waals surface area contributed by atoms with Gasteiger partial charge < -0.3 is 9.47 Å². The van der Waals surface area contributed by atoms with Gasteiger partial charge in [-0.25, -0.2) is 0 Å². The molecule has 0 saturated heterocycles. The lowest BCUT2D eigenvalue weighted by molar-refractivity contribution is 0.661. The number of hydrogen-bond acceptors (Lipinski definition) is 1. The molecular formula is C45H32N2. The second kappa shape index (κ2) is 9.57. The van der Waals surface area contributed by atoms with Gasteiger partial charge in [0.2, 0.25) is 0 Å². The van der Waals surface area contributed by atoms with Crippen molar-refractivity contribution in [2.75, 3.05) is 4.90 Å². The van der Waals surface area contributed by atoms with Crippen LogP contribution in [0.1, 0.15) is 25.0 Å². The monoisotopic (exact) mass is 600 g/mol. The smallest absolute Gasteiger partial charge is 0.0623 e. The lowest BCUT2D eigenvalue weighted by Gasteiger charge is -2.27. The minimum absolute atomic E-state index is 0.0659. The molecule has 2 nitrogen and oxygen atoms in total. The van der Waals surface area contributed by atoms with Crippen LogP contribution >= 0.6 is 0 Å². The zero-order valence-corrected chi connectivity index (χ0v) is 26.4. The van der Waals surface area contributed by atoms with E-state index in [1.807, 2.05) is 0 Å². The van der Waals surface area contributed by atoms with Gasteiger partial charge in [-0.2, -0.15) is 0 Å². The normalized spacial score (nSPS) is 13.5. The Hall–Kier alpha value is -5.86. The van der Waals surface area contributed by atoms with Gasteiger partial charge in [0.25, 0.3) is 0 Å². The fourth-order valence-electron chi connectivity index (χ4n) is 8.32. The first-order chi connectivity index (χ1) is 23.1. The summed E-state index contributed by atoms with van der Waals surface area (Å²) in [6.07, 6.45) is 0. The lowest BCUT2D eigenvalue weighted by Crippen LogP contribution is -2.15. The Morgan fingerprint density at radius 2 is 1.13 bits per heavy atom. The third-order valence-corrected chi connectivity index (χ3v) is 10.5. The van der Waals surface area contributed by atoms with Crippen molar-refractivity contribution in [3.63, 3.8) is 0 Å². The van der Waals surface area contributed by atoms with Crippen molar-refractivity contribution >= 4 is 38.9 Å². The zero-order valence-electron chi connectivity index (χ0n) is 26.4. The van der Waals surface area contributed by atoms with Crippen LogP contribution in [0.3, 0.4) is 0 Å². The topological polar surface area (TPSA) is 8.17 Å². The van der Waals surface area contributed by atoms with Crippen LogP contribution in [0.25, 0.3) is 60.9 Å². The molecule has 0 amide bonds. The van der Waals surface area contributed by atoms with E-state index in [0.29, 0.717) is 0 Å². The molecule has 0 saturated carbocycles. The number of para-hydroxylation sites is 2. The summed E-state index contributed by atoms with van der Waals surface area (Å²) in [6.45, 7) is 4.76. The van der Waals surface area contributed by atoms with Crippen LogP contribution < -0.4 is 4.90 Å². The maximum absolute atomic E-state index is 2.55. The van der Waals surface area contributed by atoms with E-state index in [1.165, 1.54) is 72.0 Å². The Bertz CT molecular complexity index is 2520. The van der Waals surface area contributed by atoms with Crippen LogP contribution in [0, 0.1) is 0 Å². The Morgan fingerprint density at radius 1 is 0.468 bits per heavy atom. The third kappa shape index (κ3) is 3.61. The number of rotatable bonds is 4. The molecule has 0 fully saturated rings. The van der Waals surface area contributed by atoms with Crippen molar-refractivity contribution in [1.82, 2.24) is 4.57 Å². The molecule has 0 atom stereocenters. The van der Waals surface area contributed by atoms with Gasteiger partial charge >= 0.3 is 0 Å². The van der Waals surface area contributed by atoms with Crippen molar-refractivity contribution in [3.8, 4) is 39.1 Å². The number of fused-ring (bicyclic) bond motifs is 6.